The highest BCUT2D eigenvalue weighted by Crippen LogP contribution is 2.10. The van der Waals surface area contributed by atoms with E-state index in [0.717, 1.165) is 4.90 Å². The van der Waals surface area contributed by atoms with Crippen molar-refractivity contribution < 1.29 is 19.2 Å². The fourth-order valence-electron chi connectivity index (χ4n) is 1.28. The van der Waals surface area contributed by atoms with Crippen molar-refractivity contribution in [3.05, 3.63) is 11.6 Å². The first-order valence-electron chi connectivity index (χ1n) is 4.68. The van der Waals surface area contributed by atoms with E-state index in [4.69, 9.17) is 5.90 Å². The van der Waals surface area contributed by atoms with Crippen LogP contribution in [0.15, 0.2) is 11.6 Å². The second kappa shape index (κ2) is 5.38. The van der Waals surface area contributed by atoms with Gasteiger partial charge in [0, 0.05) is 24.7 Å². The van der Waals surface area contributed by atoms with Crippen molar-refractivity contribution in [2.75, 3.05) is 19.7 Å². The summed E-state index contributed by atoms with van der Waals surface area (Å²) in [4.78, 5) is 38.8. The summed E-state index contributed by atoms with van der Waals surface area (Å²) in [7, 11) is 0. The normalized spacial score (nSPS) is 15.4. The predicted molar refractivity (Wildman–Crippen MR) is 53.6 cm³/mol. The lowest BCUT2D eigenvalue weighted by molar-refractivity contribution is -0.137. The maximum absolute atomic E-state index is 11.4. The lowest BCUT2D eigenvalue weighted by atomic mass is 10.3. The molecule has 0 aliphatic carbocycles. The first kappa shape index (κ1) is 12.3. The van der Waals surface area contributed by atoms with E-state index in [1.807, 2.05) is 0 Å². The number of amides is 3. The maximum atomic E-state index is 11.4. The highest BCUT2D eigenvalue weighted by molar-refractivity contribution is 6.15. The number of hydrogen-bond acceptors (Lipinski definition) is 5. The highest BCUT2D eigenvalue weighted by Gasteiger charge is 2.27. The summed E-state index contributed by atoms with van der Waals surface area (Å²) in [5.41, 5.74) is 0.404. The van der Waals surface area contributed by atoms with Gasteiger partial charge in [0.15, 0.2) is 0 Å². The van der Waals surface area contributed by atoms with Crippen LogP contribution >= 0.6 is 0 Å². The van der Waals surface area contributed by atoms with Crippen LogP contribution in [0.1, 0.15) is 6.92 Å². The second-order valence-corrected chi connectivity index (χ2v) is 3.28. The maximum Gasteiger partial charge on any atom is 0.256 e. The first-order valence-corrected chi connectivity index (χ1v) is 4.68. The Hall–Kier alpha value is -1.73. The summed E-state index contributed by atoms with van der Waals surface area (Å²) in [5, 5.41) is 2.45. The molecule has 0 bridgehead atoms. The molecule has 1 rings (SSSR count). The molecule has 0 saturated heterocycles. The number of rotatable bonds is 5. The molecule has 1 aliphatic heterocycles. The van der Waals surface area contributed by atoms with Crippen molar-refractivity contribution in [3.63, 3.8) is 0 Å². The molecule has 16 heavy (non-hydrogen) atoms. The standard InChI is InChI=1S/C9H13N3O4/c1-6-4-8(14)12(9(6)15)3-2-11-7(13)5-16-10/h4H,2-3,5,10H2,1H3,(H,11,13). The Bertz CT molecular complexity index is 351. The summed E-state index contributed by atoms with van der Waals surface area (Å²) in [6, 6.07) is 0. The van der Waals surface area contributed by atoms with Crippen LogP contribution in [-0.4, -0.2) is 42.3 Å². The van der Waals surface area contributed by atoms with Crippen molar-refractivity contribution in [3.8, 4) is 0 Å². The van der Waals surface area contributed by atoms with Crippen molar-refractivity contribution in [2.45, 2.75) is 6.92 Å². The van der Waals surface area contributed by atoms with Gasteiger partial charge in [0.25, 0.3) is 11.8 Å². The molecule has 0 aromatic carbocycles. The summed E-state index contributed by atoms with van der Waals surface area (Å²) in [6.45, 7) is 1.64. The van der Waals surface area contributed by atoms with Crippen molar-refractivity contribution in [1.29, 1.82) is 0 Å². The van der Waals surface area contributed by atoms with Crippen LogP contribution in [0.4, 0.5) is 0 Å². The minimum atomic E-state index is -0.397. The van der Waals surface area contributed by atoms with E-state index < -0.39 is 5.91 Å². The molecule has 0 aromatic rings. The van der Waals surface area contributed by atoms with Crippen molar-refractivity contribution in [2.24, 2.45) is 5.90 Å². The average Bonchev–Trinajstić information content (AvgIpc) is 2.45. The largest absolute Gasteiger partial charge is 0.352 e. The van der Waals surface area contributed by atoms with Crippen molar-refractivity contribution in [1.82, 2.24) is 10.2 Å². The van der Waals surface area contributed by atoms with Gasteiger partial charge in [-0.3, -0.25) is 24.1 Å². The molecule has 0 aromatic heterocycles. The molecule has 3 N–H and O–H groups in total. The van der Waals surface area contributed by atoms with Gasteiger partial charge in [0.05, 0.1) is 0 Å². The van der Waals surface area contributed by atoms with Crippen LogP contribution in [0, 0.1) is 0 Å². The van der Waals surface area contributed by atoms with E-state index in [0.29, 0.717) is 5.57 Å². The third kappa shape index (κ3) is 2.88. The molecule has 7 nitrogen and oxygen atoms in total. The third-order valence-electron chi connectivity index (χ3n) is 2.06. The molecule has 1 heterocycles. The molecule has 0 spiro atoms. The molecule has 0 unspecified atom stereocenters. The van der Waals surface area contributed by atoms with Gasteiger partial charge < -0.3 is 5.32 Å². The molecule has 0 fully saturated rings. The minimum Gasteiger partial charge on any atom is -0.352 e. The summed E-state index contributed by atoms with van der Waals surface area (Å²) < 4.78 is 0. The molecule has 7 heteroatoms. The van der Waals surface area contributed by atoms with Gasteiger partial charge in [-0.05, 0) is 6.92 Å². The molecule has 88 valence electrons. The quantitative estimate of drug-likeness (QED) is 0.431. The number of carbonyl (C=O) groups excluding carboxylic acids is 3. The van der Waals surface area contributed by atoms with Gasteiger partial charge in [-0.2, -0.15) is 0 Å². The van der Waals surface area contributed by atoms with Crippen LogP contribution in [0.3, 0.4) is 0 Å². The Morgan fingerprint density at radius 1 is 1.56 bits per heavy atom. The second-order valence-electron chi connectivity index (χ2n) is 3.28. The number of hydrogen-bond donors (Lipinski definition) is 2. The van der Waals surface area contributed by atoms with Gasteiger partial charge in [0.2, 0.25) is 5.91 Å². The topological polar surface area (TPSA) is 102 Å². The monoisotopic (exact) mass is 227 g/mol. The molecule has 1 aliphatic rings. The zero-order valence-corrected chi connectivity index (χ0v) is 8.86. The molecule has 0 saturated carbocycles. The number of imide groups is 1. The Balaban J connectivity index is 2.32. The minimum absolute atomic E-state index is 0.141. The van der Waals surface area contributed by atoms with Gasteiger partial charge in [-0.1, -0.05) is 0 Å². The van der Waals surface area contributed by atoms with Gasteiger partial charge in [-0.25, -0.2) is 5.90 Å². The molecule has 0 radical (unpaired) electrons. The van der Waals surface area contributed by atoms with E-state index >= 15 is 0 Å². The van der Waals surface area contributed by atoms with Crippen LogP contribution in [0.2, 0.25) is 0 Å². The lowest BCUT2D eigenvalue weighted by Crippen LogP contribution is -2.39. The van der Waals surface area contributed by atoms with Crippen molar-refractivity contribution >= 4 is 17.7 Å². The Morgan fingerprint density at radius 3 is 2.75 bits per heavy atom. The zero-order chi connectivity index (χ0) is 12.1. The Morgan fingerprint density at radius 2 is 2.25 bits per heavy atom. The number of nitrogens with one attached hydrogen (secondary N) is 1. The number of nitrogens with zero attached hydrogens (tertiary/aromatic N) is 1. The number of nitrogens with two attached hydrogens (primary N) is 1. The zero-order valence-electron chi connectivity index (χ0n) is 8.86. The van der Waals surface area contributed by atoms with Crippen LogP contribution in [0.25, 0.3) is 0 Å². The predicted octanol–water partition coefficient (Wildman–Crippen LogP) is -1.69. The Kier molecular flexibility index (Phi) is 4.15. The van der Waals surface area contributed by atoms with E-state index in [2.05, 4.69) is 10.2 Å². The van der Waals surface area contributed by atoms with Crippen LogP contribution in [-0.2, 0) is 19.2 Å². The fraction of sp³-hybridized carbons (Fsp3) is 0.444. The van der Waals surface area contributed by atoms with E-state index in [-0.39, 0.29) is 31.5 Å². The number of carbonyl (C=O) groups is 3. The third-order valence-corrected chi connectivity index (χ3v) is 2.06. The van der Waals surface area contributed by atoms with E-state index in [1.54, 1.807) is 6.92 Å². The smallest absolute Gasteiger partial charge is 0.256 e. The van der Waals surface area contributed by atoms with Crippen LogP contribution < -0.4 is 11.2 Å². The molecular formula is C9H13N3O4. The fourth-order valence-corrected chi connectivity index (χ4v) is 1.28. The van der Waals surface area contributed by atoms with E-state index in [9.17, 15) is 14.4 Å². The lowest BCUT2D eigenvalue weighted by Gasteiger charge is -2.14. The molecular weight excluding hydrogens is 214 g/mol. The summed E-state index contributed by atoms with van der Waals surface area (Å²) in [6.07, 6.45) is 1.27. The summed E-state index contributed by atoms with van der Waals surface area (Å²) in [5.74, 6) is 3.62. The van der Waals surface area contributed by atoms with E-state index in [1.165, 1.54) is 6.08 Å². The Labute approximate surface area is 92.2 Å². The molecule has 0 atom stereocenters. The SMILES string of the molecule is CC1=CC(=O)N(CCNC(=O)CON)C1=O. The average molecular weight is 227 g/mol. The summed E-state index contributed by atoms with van der Waals surface area (Å²) >= 11 is 0. The van der Waals surface area contributed by atoms with Gasteiger partial charge in [0.1, 0.15) is 6.61 Å². The van der Waals surface area contributed by atoms with Gasteiger partial charge in [-0.15, -0.1) is 0 Å². The van der Waals surface area contributed by atoms with Crippen LogP contribution in [0.5, 0.6) is 0 Å². The first-order chi connectivity index (χ1) is 7.56. The molecule has 3 amide bonds. The van der Waals surface area contributed by atoms with Gasteiger partial charge >= 0.3 is 0 Å². The highest BCUT2D eigenvalue weighted by atomic mass is 16.6.